The molecule has 0 atom stereocenters. The van der Waals surface area contributed by atoms with E-state index in [1.807, 2.05) is 30.3 Å². The Hall–Kier alpha value is -2.53. The quantitative estimate of drug-likeness (QED) is 0.276. The summed E-state index contributed by atoms with van der Waals surface area (Å²) < 4.78 is 16.2. The van der Waals surface area contributed by atoms with E-state index in [2.05, 4.69) is 27.3 Å². The highest BCUT2D eigenvalue weighted by atomic mass is 127. The Labute approximate surface area is 197 Å². The van der Waals surface area contributed by atoms with Crippen LogP contribution in [0.3, 0.4) is 0 Å². The summed E-state index contributed by atoms with van der Waals surface area (Å²) in [6.07, 6.45) is 2.26. The maximum absolute atomic E-state index is 12.8. The summed E-state index contributed by atoms with van der Waals surface area (Å²) in [6, 6.07) is 13.2. The SMILES string of the molecule is COC(=O)COc1c(I)cc(/C=C2\SC(=O)N(CCc3ccccc3)C2=O)cc1OC. The van der Waals surface area contributed by atoms with Gasteiger partial charge in [-0.25, -0.2) is 4.79 Å². The van der Waals surface area contributed by atoms with Gasteiger partial charge in [0.2, 0.25) is 0 Å². The number of carbonyl (C=O) groups excluding carboxylic acids is 3. The number of methoxy groups -OCH3 is 2. The average Bonchev–Trinajstić information content (AvgIpc) is 3.03. The van der Waals surface area contributed by atoms with E-state index in [0.717, 1.165) is 17.3 Å². The summed E-state index contributed by atoms with van der Waals surface area (Å²) in [5.74, 6) is -0.0102. The van der Waals surface area contributed by atoms with Crippen molar-refractivity contribution >= 4 is 57.5 Å². The van der Waals surface area contributed by atoms with E-state index in [4.69, 9.17) is 9.47 Å². The largest absolute Gasteiger partial charge is 0.493 e. The van der Waals surface area contributed by atoms with Gasteiger partial charge in [0, 0.05) is 6.54 Å². The molecule has 0 radical (unpaired) electrons. The Morgan fingerprint density at radius 2 is 1.90 bits per heavy atom. The van der Waals surface area contributed by atoms with Crippen molar-refractivity contribution in [3.05, 3.63) is 62.1 Å². The third kappa shape index (κ3) is 5.79. The van der Waals surface area contributed by atoms with Crippen LogP contribution in [0.2, 0.25) is 0 Å². The number of imide groups is 1. The lowest BCUT2D eigenvalue weighted by Gasteiger charge is -2.13. The number of ether oxygens (including phenoxy) is 3. The highest BCUT2D eigenvalue weighted by Crippen LogP contribution is 2.37. The molecule has 0 aromatic heterocycles. The van der Waals surface area contributed by atoms with E-state index in [1.54, 1.807) is 18.2 Å². The molecule has 1 aliphatic rings. The lowest BCUT2D eigenvalue weighted by atomic mass is 10.1. The zero-order valence-corrected chi connectivity index (χ0v) is 19.9. The van der Waals surface area contributed by atoms with Gasteiger partial charge >= 0.3 is 5.97 Å². The zero-order valence-electron chi connectivity index (χ0n) is 16.9. The smallest absolute Gasteiger partial charge is 0.343 e. The number of amides is 2. The second kappa shape index (κ2) is 10.7. The fourth-order valence-electron chi connectivity index (χ4n) is 2.88. The first-order valence-corrected chi connectivity index (χ1v) is 11.2. The minimum absolute atomic E-state index is 0.248. The molecule has 0 aliphatic carbocycles. The highest BCUT2D eigenvalue weighted by Gasteiger charge is 2.34. The van der Waals surface area contributed by atoms with Gasteiger partial charge in [-0.15, -0.1) is 0 Å². The van der Waals surface area contributed by atoms with Gasteiger partial charge in [-0.05, 0) is 70.1 Å². The van der Waals surface area contributed by atoms with Crippen molar-refractivity contribution in [2.24, 2.45) is 0 Å². The summed E-state index contributed by atoms with van der Waals surface area (Å²) >= 11 is 2.97. The first-order valence-electron chi connectivity index (χ1n) is 9.29. The number of thioether (sulfide) groups is 1. The van der Waals surface area contributed by atoms with Crippen molar-refractivity contribution in [3.63, 3.8) is 0 Å². The van der Waals surface area contributed by atoms with E-state index in [9.17, 15) is 14.4 Å². The zero-order chi connectivity index (χ0) is 22.4. The second-order valence-corrected chi connectivity index (χ2v) is 8.62. The van der Waals surface area contributed by atoms with Crippen LogP contribution in [-0.2, 0) is 20.7 Å². The van der Waals surface area contributed by atoms with Crippen LogP contribution >= 0.6 is 34.4 Å². The average molecular weight is 553 g/mol. The maximum Gasteiger partial charge on any atom is 0.343 e. The van der Waals surface area contributed by atoms with Crippen LogP contribution < -0.4 is 9.47 Å². The number of halogens is 1. The van der Waals surface area contributed by atoms with Crippen molar-refractivity contribution in [2.75, 3.05) is 27.4 Å². The lowest BCUT2D eigenvalue weighted by Crippen LogP contribution is -2.30. The van der Waals surface area contributed by atoms with Crippen LogP contribution in [-0.4, -0.2) is 49.4 Å². The summed E-state index contributed by atoms with van der Waals surface area (Å²) in [7, 11) is 2.77. The lowest BCUT2D eigenvalue weighted by molar-refractivity contribution is -0.143. The molecule has 2 amide bonds. The molecule has 1 fully saturated rings. The number of benzene rings is 2. The summed E-state index contributed by atoms with van der Waals surface area (Å²) in [5.41, 5.74) is 1.74. The van der Waals surface area contributed by atoms with E-state index >= 15 is 0 Å². The van der Waals surface area contributed by atoms with E-state index in [1.165, 1.54) is 19.1 Å². The number of rotatable bonds is 8. The number of nitrogens with zero attached hydrogens (tertiary/aromatic N) is 1. The Kier molecular flexibility index (Phi) is 7.97. The minimum Gasteiger partial charge on any atom is -0.493 e. The maximum atomic E-state index is 12.8. The van der Waals surface area contributed by atoms with Crippen LogP contribution in [0, 0.1) is 3.57 Å². The van der Waals surface area contributed by atoms with Crippen molar-refractivity contribution in [2.45, 2.75) is 6.42 Å². The molecular weight excluding hydrogens is 533 g/mol. The van der Waals surface area contributed by atoms with E-state index in [-0.39, 0.29) is 17.8 Å². The van der Waals surface area contributed by atoms with Crippen molar-refractivity contribution < 1.29 is 28.6 Å². The van der Waals surface area contributed by atoms with E-state index in [0.29, 0.717) is 38.5 Å². The van der Waals surface area contributed by atoms with Gasteiger partial charge < -0.3 is 14.2 Å². The molecule has 31 heavy (non-hydrogen) atoms. The van der Waals surface area contributed by atoms with E-state index < -0.39 is 5.97 Å². The molecule has 0 spiro atoms. The molecular formula is C22H20INO6S. The monoisotopic (exact) mass is 553 g/mol. The minimum atomic E-state index is -0.508. The second-order valence-electron chi connectivity index (χ2n) is 6.47. The van der Waals surface area contributed by atoms with Crippen molar-refractivity contribution in [1.82, 2.24) is 4.90 Å². The summed E-state index contributed by atoms with van der Waals surface area (Å²) in [6.45, 7) is 0.0791. The van der Waals surface area contributed by atoms with Crippen LogP contribution in [0.25, 0.3) is 6.08 Å². The summed E-state index contributed by atoms with van der Waals surface area (Å²) in [5, 5.41) is -0.285. The molecule has 162 valence electrons. The predicted octanol–water partition coefficient (Wildman–Crippen LogP) is 4.13. The Balaban J connectivity index is 1.76. The standard InChI is InChI=1S/C22H20INO6S/c1-28-17-11-15(10-16(23)20(17)30-13-19(25)29-2)12-18-21(26)24(22(27)31-18)9-8-14-6-4-3-5-7-14/h3-7,10-12H,8-9,13H2,1-2H3/b18-12-. The molecule has 2 aromatic rings. The van der Waals surface area contributed by atoms with Gasteiger partial charge in [-0.1, -0.05) is 30.3 Å². The van der Waals surface area contributed by atoms with Gasteiger partial charge in [0.1, 0.15) is 0 Å². The fraction of sp³-hybridized carbons (Fsp3) is 0.227. The third-order valence-electron chi connectivity index (χ3n) is 4.45. The molecule has 0 saturated carbocycles. The Morgan fingerprint density at radius 1 is 1.16 bits per heavy atom. The van der Waals surface area contributed by atoms with Gasteiger partial charge in [-0.2, -0.15) is 0 Å². The molecule has 0 bridgehead atoms. The van der Waals surface area contributed by atoms with Crippen LogP contribution in [0.4, 0.5) is 4.79 Å². The molecule has 3 rings (SSSR count). The van der Waals surface area contributed by atoms with Crippen LogP contribution in [0.1, 0.15) is 11.1 Å². The first kappa shape index (κ1) is 23.1. The molecule has 1 heterocycles. The third-order valence-corrected chi connectivity index (χ3v) is 6.16. The fourth-order valence-corrected chi connectivity index (χ4v) is 4.53. The normalized spacial score (nSPS) is 14.8. The predicted molar refractivity (Wildman–Crippen MR) is 126 cm³/mol. The van der Waals surface area contributed by atoms with Crippen LogP contribution in [0.15, 0.2) is 47.4 Å². The summed E-state index contributed by atoms with van der Waals surface area (Å²) in [4.78, 5) is 38.1. The van der Waals surface area contributed by atoms with Gasteiger partial charge in [0.05, 0.1) is 22.7 Å². The van der Waals surface area contributed by atoms with Gasteiger partial charge in [0.25, 0.3) is 11.1 Å². The van der Waals surface area contributed by atoms with Crippen molar-refractivity contribution in [3.8, 4) is 11.5 Å². The topological polar surface area (TPSA) is 82.1 Å². The Morgan fingerprint density at radius 3 is 2.58 bits per heavy atom. The number of carbonyl (C=O) groups is 3. The number of hydrogen-bond donors (Lipinski definition) is 0. The Bertz CT molecular complexity index is 1020. The van der Waals surface area contributed by atoms with Crippen LogP contribution in [0.5, 0.6) is 11.5 Å². The van der Waals surface area contributed by atoms with Crippen molar-refractivity contribution in [1.29, 1.82) is 0 Å². The molecule has 2 aromatic carbocycles. The molecule has 9 heteroatoms. The highest BCUT2D eigenvalue weighted by molar-refractivity contribution is 14.1. The van der Waals surface area contributed by atoms with Gasteiger partial charge in [0.15, 0.2) is 18.1 Å². The number of hydrogen-bond acceptors (Lipinski definition) is 7. The number of esters is 1. The molecule has 1 saturated heterocycles. The molecule has 0 unspecified atom stereocenters. The molecule has 7 nitrogen and oxygen atoms in total. The van der Waals surface area contributed by atoms with Gasteiger partial charge in [-0.3, -0.25) is 14.5 Å². The molecule has 0 N–H and O–H groups in total. The first-order chi connectivity index (χ1) is 14.9. The molecule has 1 aliphatic heterocycles.